The molecule has 0 amide bonds. The molecule has 0 fully saturated rings. The van der Waals surface area contributed by atoms with Crippen molar-refractivity contribution in [2.24, 2.45) is 0 Å². The van der Waals surface area contributed by atoms with E-state index in [1.807, 2.05) is 30.5 Å². The zero-order valence-electron chi connectivity index (χ0n) is 9.57. The van der Waals surface area contributed by atoms with Crippen molar-refractivity contribution in [2.75, 3.05) is 6.26 Å². The van der Waals surface area contributed by atoms with Crippen LogP contribution in [-0.4, -0.2) is 16.2 Å². The van der Waals surface area contributed by atoms with Crippen LogP contribution in [0.15, 0.2) is 47.5 Å². The van der Waals surface area contributed by atoms with E-state index in [2.05, 4.69) is 4.98 Å². The van der Waals surface area contributed by atoms with E-state index in [0.717, 1.165) is 4.90 Å². The molecule has 2 aromatic rings. The number of nitro groups is 1. The van der Waals surface area contributed by atoms with Gasteiger partial charge in [0.15, 0.2) is 11.9 Å². The zero-order valence-corrected chi connectivity index (χ0v) is 10.4. The van der Waals surface area contributed by atoms with Gasteiger partial charge < -0.3 is 14.9 Å². The maximum absolute atomic E-state index is 10.4. The molecule has 1 heterocycles. The van der Waals surface area contributed by atoms with Crippen LogP contribution in [-0.2, 0) is 0 Å². The van der Waals surface area contributed by atoms with Crippen molar-refractivity contribution >= 4 is 17.6 Å². The first kappa shape index (κ1) is 12.4. The number of pyridine rings is 1. The van der Waals surface area contributed by atoms with Crippen molar-refractivity contribution in [3.8, 4) is 11.5 Å². The monoisotopic (exact) mass is 262 g/mol. The number of hydrogen-bond donors (Lipinski definition) is 0. The van der Waals surface area contributed by atoms with Crippen LogP contribution < -0.4 is 4.74 Å². The van der Waals surface area contributed by atoms with E-state index in [4.69, 9.17) is 4.74 Å². The van der Waals surface area contributed by atoms with Gasteiger partial charge in [0.1, 0.15) is 5.75 Å². The lowest BCUT2D eigenvalue weighted by atomic mass is 10.3. The fourth-order valence-corrected chi connectivity index (χ4v) is 1.73. The lowest BCUT2D eigenvalue weighted by Crippen LogP contribution is -1.92. The van der Waals surface area contributed by atoms with Crippen LogP contribution in [0, 0.1) is 10.1 Å². The molecule has 0 unspecified atom stereocenters. The van der Waals surface area contributed by atoms with Gasteiger partial charge in [-0.2, -0.15) is 0 Å². The highest BCUT2D eigenvalue weighted by atomic mass is 32.2. The van der Waals surface area contributed by atoms with Gasteiger partial charge in [0.2, 0.25) is 0 Å². The summed E-state index contributed by atoms with van der Waals surface area (Å²) < 4.78 is 5.52. The van der Waals surface area contributed by atoms with Gasteiger partial charge in [-0.15, -0.1) is 11.8 Å². The quantitative estimate of drug-likeness (QED) is 0.479. The molecule has 0 aliphatic heterocycles. The molecule has 0 spiro atoms. The summed E-state index contributed by atoms with van der Waals surface area (Å²) in [4.78, 5) is 14.7. The lowest BCUT2D eigenvalue weighted by molar-refractivity contribution is -0.389. The Morgan fingerprint density at radius 3 is 2.33 bits per heavy atom. The predicted molar refractivity (Wildman–Crippen MR) is 69.2 cm³/mol. The second kappa shape index (κ2) is 5.50. The Morgan fingerprint density at radius 1 is 1.17 bits per heavy atom. The van der Waals surface area contributed by atoms with E-state index in [0.29, 0.717) is 11.5 Å². The predicted octanol–water partition coefficient (Wildman–Crippen LogP) is 3.50. The summed E-state index contributed by atoms with van der Waals surface area (Å²) in [6.45, 7) is 0. The molecule has 0 saturated heterocycles. The molecule has 0 saturated carbocycles. The van der Waals surface area contributed by atoms with Crippen LogP contribution in [0.2, 0.25) is 0 Å². The molecule has 0 aliphatic carbocycles. The SMILES string of the molecule is CSc1ccc(Oc2ccc([N+](=O)[O-])nc2)cc1. The summed E-state index contributed by atoms with van der Waals surface area (Å²) in [5, 5.41) is 10.4. The van der Waals surface area contributed by atoms with Gasteiger partial charge in [-0.1, -0.05) is 0 Å². The molecule has 92 valence electrons. The summed E-state index contributed by atoms with van der Waals surface area (Å²) >= 11 is 1.65. The number of hydrogen-bond acceptors (Lipinski definition) is 5. The number of thioether (sulfide) groups is 1. The molecule has 5 nitrogen and oxygen atoms in total. The number of aromatic nitrogens is 1. The number of nitrogens with zero attached hydrogens (tertiary/aromatic N) is 2. The third-order valence-corrected chi connectivity index (χ3v) is 2.95. The third kappa shape index (κ3) is 2.98. The van der Waals surface area contributed by atoms with Crippen LogP contribution in [0.3, 0.4) is 0 Å². The molecule has 1 aromatic carbocycles. The maximum atomic E-state index is 10.4. The van der Waals surface area contributed by atoms with Gasteiger partial charge in [-0.25, -0.2) is 0 Å². The smallest absolute Gasteiger partial charge is 0.363 e. The van der Waals surface area contributed by atoms with Crippen LogP contribution in [0.5, 0.6) is 11.5 Å². The molecule has 18 heavy (non-hydrogen) atoms. The van der Waals surface area contributed by atoms with E-state index >= 15 is 0 Å². The Labute approximate surface area is 108 Å². The highest BCUT2D eigenvalue weighted by Crippen LogP contribution is 2.24. The summed E-state index contributed by atoms with van der Waals surface area (Å²) in [6.07, 6.45) is 3.33. The van der Waals surface area contributed by atoms with Crippen molar-refractivity contribution in [1.82, 2.24) is 4.98 Å². The van der Waals surface area contributed by atoms with E-state index in [9.17, 15) is 10.1 Å². The third-order valence-electron chi connectivity index (χ3n) is 2.20. The molecule has 6 heteroatoms. The maximum Gasteiger partial charge on any atom is 0.363 e. The van der Waals surface area contributed by atoms with E-state index < -0.39 is 4.92 Å². The molecule has 1 aromatic heterocycles. The van der Waals surface area contributed by atoms with Crippen molar-refractivity contribution < 1.29 is 9.66 Å². The van der Waals surface area contributed by atoms with Crippen molar-refractivity contribution in [3.05, 3.63) is 52.7 Å². The molecular weight excluding hydrogens is 252 g/mol. The first-order chi connectivity index (χ1) is 8.69. The second-order valence-corrected chi connectivity index (χ2v) is 4.27. The molecule has 0 atom stereocenters. The Hall–Kier alpha value is -2.08. The van der Waals surface area contributed by atoms with Crippen LogP contribution in [0.4, 0.5) is 5.82 Å². The normalized spacial score (nSPS) is 10.1. The average molecular weight is 262 g/mol. The highest BCUT2D eigenvalue weighted by Gasteiger charge is 2.07. The Balaban J connectivity index is 2.10. The number of benzene rings is 1. The topological polar surface area (TPSA) is 65.3 Å². The van der Waals surface area contributed by atoms with Crippen molar-refractivity contribution in [1.29, 1.82) is 0 Å². The zero-order chi connectivity index (χ0) is 13.0. The minimum absolute atomic E-state index is 0.194. The van der Waals surface area contributed by atoms with Crippen LogP contribution >= 0.6 is 11.8 Å². The molecule has 0 bridgehead atoms. The van der Waals surface area contributed by atoms with Gasteiger partial charge in [-0.3, -0.25) is 0 Å². The lowest BCUT2D eigenvalue weighted by Gasteiger charge is -2.04. The summed E-state index contributed by atoms with van der Waals surface area (Å²) in [6, 6.07) is 10.4. The molecule has 0 N–H and O–H groups in total. The minimum atomic E-state index is -0.545. The van der Waals surface area contributed by atoms with Crippen molar-refractivity contribution in [2.45, 2.75) is 4.90 Å². The van der Waals surface area contributed by atoms with Crippen molar-refractivity contribution in [3.63, 3.8) is 0 Å². The van der Waals surface area contributed by atoms with Crippen LogP contribution in [0.25, 0.3) is 0 Å². The standard InChI is InChI=1S/C12H10N2O3S/c1-18-11-5-2-9(3-6-11)17-10-4-7-12(13-8-10)14(15)16/h2-8H,1H3. The molecular formula is C12H10N2O3S. The fraction of sp³-hybridized carbons (Fsp3) is 0.0833. The molecule has 0 radical (unpaired) electrons. The van der Waals surface area contributed by atoms with Gasteiger partial charge in [0.05, 0.1) is 0 Å². The van der Waals surface area contributed by atoms with Gasteiger partial charge >= 0.3 is 5.82 Å². The van der Waals surface area contributed by atoms with Gasteiger partial charge in [0, 0.05) is 11.0 Å². The Bertz CT molecular complexity index is 540. The molecule has 0 aliphatic rings. The first-order valence-electron chi connectivity index (χ1n) is 5.11. The fourth-order valence-electron chi connectivity index (χ4n) is 1.32. The van der Waals surface area contributed by atoms with E-state index in [1.165, 1.54) is 18.3 Å². The van der Waals surface area contributed by atoms with Gasteiger partial charge in [-0.05, 0) is 46.5 Å². The number of rotatable bonds is 4. The summed E-state index contributed by atoms with van der Waals surface area (Å²) in [7, 11) is 0. The van der Waals surface area contributed by atoms with Gasteiger partial charge in [0.25, 0.3) is 0 Å². The first-order valence-corrected chi connectivity index (χ1v) is 6.34. The summed E-state index contributed by atoms with van der Waals surface area (Å²) in [5.41, 5.74) is 0. The molecule has 2 rings (SSSR count). The van der Waals surface area contributed by atoms with E-state index in [-0.39, 0.29) is 5.82 Å². The second-order valence-electron chi connectivity index (χ2n) is 3.39. The van der Waals surface area contributed by atoms with E-state index in [1.54, 1.807) is 11.8 Å². The Kier molecular flexibility index (Phi) is 3.78. The summed E-state index contributed by atoms with van der Waals surface area (Å²) in [5.74, 6) is 0.945. The minimum Gasteiger partial charge on any atom is -0.453 e. The average Bonchev–Trinajstić information content (AvgIpc) is 2.40. The van der Waals surface area contributed by atoms with Crippen LogP contribution in [0.1, 0.15) is 0 Å². The Morgan fingerprint density at radius 2 is 1.83 bits per heavy atom. The highest BCUT2D eigenvalue weighted by molar-refractivity contribution is 7.98. The largest absolute Gasteiger partial charge is 0.453 e. The number of ether oxygens (including phenoxy) is 1.